The fourth-order valence-electron chi connectivity index (χ4n) is 3.13. The molecule has 144 valence electrons. The summed E-state index contributed by atoms with van der Waals surface area (Å²) in [5.41, 5.74) is 2.68. The summed E-state index contributed by atoms with van der Waals surface area (Å²) in [6.07, 6.45) is 1.71. The van der Waals surface area contributed by atoms with Gasteiger partial charge in [-0.2, -0.15) is 0 Å². The molecule has 1 aliphatic rings. The van der Waals surface area contributed by atoms with Crippen LogP contribution < -0.4 is 9.62 Å². The zero-order valence-corrected chi connectivity index (χ0v) is 16.5. The maximum atomic E-state index is 12.5. The number of hydrogen-bond donors (Lipinski definition) is 1. The van der Waals surface area contributed by atoms with Crippen LogP contribution in [-0.2, 0) is 31.7 Å². The van der Waals surface area contributed by atoms with Gasteiger partial charge in [0.2, 0.25) is 10.0 Å². The van der Waals surface area contributed by atoms with Crippen LogP contribution in [0.3, 0.4) is 0 Å². The van der Waals surface area contributed by atoms with Crippen LogP contribution in [0.5, 0.6) is 0 Å². The molecule has 27 heavy (non-hydrogen) atoms. The molecule has 1 amide bonds. The minimum atomic E-state index is -3.65. The maximum Gasteiger partial charge on any atom is 0.252 e. The van der Waals surface area contributed by atoms with Crippen molar-refractivity contribution in [3.05, 3.63) is 58.6 Å². The van der Waals surface area contributed by atoms with Crippen LogP contribution >= 0.6 is 11.6 Å². The maximum absolute atomic E-state index is 12.5. The van der Waals surface area contributed by atoms with Crippen LogP contribution in [0, 0.1) is 0 Å². The van der Waals surface area contributed by atoms with E-state index in [0.717, 1.165) is 24.1 Å². The topological polar surface area (TPSA) is 75.7 Å². The summed E-state index contributed by atoms with van der Waals surface area (Å²) in [4.78, 5) is 13.9. The number of sulfonamides is 1. The minimum Gasteiger partial charge on any atom is -0.375 e. The lowest BCUT2D eigenvalue weighted by atomic mass is 10.0. The number of nitrogens with zero attached hydrogens (tertiary/aromatic N) is 1. The van der Waals surface area contributed by atoms with Crippen LogP contribution in [0.4, 0.5) is 11.4 Å². The first kappa shape index (κ1) is 19.7. The van der Waals surface area contributed by atoms with Gasteiger partial charge in [0.05, 0.1) is 11.4 Å². The molecule has 0 fully saturated rings. The van der Waals surface area contributed by atoms with Gasteiger partial charge in [-0.1, -0.05) is 35.9 Å². The van der Waals surface area contributed by atoms with Crippen molar-refractivity contribution >= 4 is 38.9 Å². The van der Waals surface area contributed by atoms with E-state index in [9.17, 15) is 13.2 Å². The summed E-state index contributed by atoms with van der Waals surface area (Å²) in [6.45, 7) is 0.576. The smallest absolute Gasteiger partial charge is 0.252 e. The molecule has 6 nitrogen and oxygen atoms in total. The molecule has 8 heteroatoms. The number of ether oxygens (including phenoxy) is 1. The fraction of sp³-hybridized carbons (Fsp3) is 0.316. The normalized spacial score (nSPS) is 13.9. The summed E-state index contributed by atoms with van der Waals surface area (Å²) in [5.74, 6) is -0.370. The van der Waals surface area contributed by atoms with Crippen molar-refractivity contribution in [3.8, 4) is 0 Å². The number of fused-ring (bicyclic) bond motifs is 1. The van der Waals surface area contributed by atoms with Crippen LogP contribution in [0.15, 0.2) is 42.5 Å². The molecule has 1 N–H and O–H groups in total. The number of nitrogens with one attached hydrogen (secondary N) is 1. The summed E-state index contributed by atoms with van der Waals surface area (Å²) >= 11 is 6.06. The third-order valence-electron chi connectivity index (χ3n) is 4.35. The molecule has 0 bridgehead atoms. The molecule has 0 aromatic heterocycles. The van der Waals surface area contributed by atoms with E-state index in [4.69, 9.17) is 16.3 Å². The number of methoxy groups -OCH3 is 1. The van der Waals surface area contributed by atoms with E-state index in [1.165, 1.54) is 7.11 Å². The second kappa shape index (κ2) is 8.29. The average molecular weight is 409 g/mol. The summed E-state index contributed by atoms with van der Waals surface area (Å²) in [7, 11) is -2.17. The molecular formula is C19H21ClN2O4S. The predicted octanol–water partition coefficient (Wildman–Crippen LogP) is 3.21. The lowest BCUT2D eigenvalue weighted by Gasteiger charge is -2.30. The quantitative estimate of drug-likeness (QED) is 0.796. The lowest BCUT2D eigenvalue weighted by Crippen LogP contribution is -2.37. The van der Waals surface area contributed by atoms with Crippen molar-refractivity contribution in [3.63, 3.8) is 0 Å². The van der Waals surface area contributed by atoms with Crippen LogP contribution in [0.25, 0.3) is 0 Å². The van der Waals surface area contributed by atoms with Crippen molar-refractivity contribution < 1.29 is 17.9 Å². The Morgan fingerprint density at radius 1 is 1.26 bits per heavy atom. The Bertz CT molecular complexity index is 946. The van der Waals surface area contributed by atoms with Crippen molar-refractivity contribution in [1.29, 1.82) is 0 Å². The van der Waals surface area contributed by atoms with Gasteiger partial charge in [-0.25, -0.2) is 8.42 Å². The Morgan fingerprint density at radius 2 is 2.04 bits per heavy atom. The van der Waals surface area contributed by atoms with Gasteiger partial charge in [-0.05, 0) is 42.2 Å². The molecule has 3 rings (SSSR count). The number of aryl methyl sites for hydroxylation is 1. The van der Waals surface area contributed by atoms with E-state index in [1.807, 2.05) is 6.07 Å². The summed E-state index contributed by atoms with van der Waals surface area (Å²) in [5, 5.41) is 0.407. The Hall–Kier alpha value is -2.09. The largest absolute Gasteiger partial charge is 0.375 e. The molecule has 1 heterocycles. The highest BCUT2D eigenvalue weighted by Gasteiger charge is 2.23. The number of anilines is 2. The highest BCUT2D eigenvalue weighted by molar-refractivity contribution is 7.91. The van der Waals surface area contributed by atoms with Gasteiger partial charge in [0.25, 0.3) is 5.91 Å². The first-order chi connectivity index (χ1) is 12.9. The molecule has 2 aromatic rings. The first-order valence-electron chi connectivity index (χ1n) is 8.56. The van der Waals surface area contributed by atoms with Crippen molar-refractivity contribution in [2.45, 2.75) is 18.6 Å². The average Bonchev–Trinajstić information content (AvgIpc) is 2.63. The second-order valence-corrected chi connectivity index (χ2v) is 8.51. The Kier molecular flexibility index (Phi) is 6.04. The minimum absolute atomic E-state index is 0.0120. The van der Waals surface area contributed by atoms with Crippen LogP contribution in [0.2, 0.25) is 5.02 Å². The van der Waals surface area contributed by atoms with Gasteiger partial charge in [-0.15, -0.1) is 0 Å². The van der Waals surface area contributed by atoms with Gasteiger partial charge in [-0.3, -0.25) is 9.52 Å². The number of carbonyl (C=O) groups excluding carboxylic acids is 1. The number of rotatable bonds is 6. The third-order valence-corrected chi connectivity index (χ3v) is 5.96. The number of hydrogen-bond acceptors (Lipinski definition) is 4. The highest BCUT2D eigenvalue weighted by Crippen LogP contribution is 2.31. The molecule has 1 aliphatic heterocycles. The number of halogens is 1. The molecule has 0 unspecified atom stereocenters. The molecule has 0 atom stereocenters. The highest BCUT2D eigenvalue weighted by atomic mass is 35.5. The standard InChI is InChI=1S/C19H21ClN2O4S/c1-26-12-19(23)22-10-4-6-14-8-9-16(11-18(14)22)21-27(24,25)13-15-5-2-3-7-17(15)20/h2-3,5,7-9,11,21H,4,6,10,12-13H2,1H3. The second-order valence-electron chi connectivity index (χ2n) is 6.38. The van der Waals surface area contributed by atoms with E-state index in [1.54, 1.807) is 41.3 Å². The monoisotopic (exact) mass is 408 g/mol. The molecular weight excluding hydrogens is 388 g/mol. The van der Waals surface area contributed by atoms with Gasteiger partial charge in [0.1, 0.15) is 6.61 Å². The van der Waals surface area contributed by atoms with E-state index >= 15 is 0 Å². The molecule has 0 spiro atoms. The van der Waals surface area contributed by atoms with Crippen LogP contribution in [-0.4, -0.2) is 34.6 Å². The number of carbonyl (C=O) groups is 1. The predicted molar refractivity (Wildman–Crippen MR) is 107 cm³/mol. The van der Waals surface area contributed by atoms with Crippen molar-refractivity contribution in [1.82, 2.24) is 0 Å². The van der Waals surface area contributed by atoms with E-state index in [0.29, 0.717) is 22.8 Å². The van der Waals surface area contributed by atoms with Gasteiger partial charge < -0.3 is 9.64 Å². The van der Waals surface area contributed by atoms with Gasteiger partial charge in [0.15, 0.2) is 0 Å². The zero-order chi connectivity index (χ0) is 19.4. The third kappa shape index (κ3) is 4.80. The van der Waals surface area contributed by atoms with Crippen molar-refractivity contribution in [2.24, 2.45) is 0 Å². The summed E-state index contributed by atoms with van der Waals surface area (Å²) in [6, 6.07) is 12.1. The summed E-state index contributed by atoms with van der Waals surface area (Å²) < 4.78 is 32.6. The van der Waals surface area contributed by atoms with Gasteiger partial charge >= 0.3 is 0 Å². The van der Waals surface area contributed by atoms with E-state index in [-0.39, 0.29) is 18.3 Å². The first-order valence-corrected chi connectivity index (χ1v) is 10.6. The fourth-order valence-corrected chi connectivity index (χ4v) is 4.64. The number of benzene rings is 2. The van der Waals surface area contributed by atoms with Gasteiger partial charge in [0, 0.05) is 24.4 Å². The Balaban J connectivity index is 1.83. The molecule has 2 aromatic carbocycles. The zero-order valence-electron chi connectivity index (χ0n) is 14.9. The SMILES string of the molecule is COCC(=O)N1CCCc2ccc(NS(=O)(=O)Cc3ccccc3Cl)cc21. The van der Waals surface area contributed by atoms with Crippen LogP contribution in [0.1, 0.15) is 17.5 Å². The number of amides is 1. The molecule has 0 saturated heterocycles. The van der Waals surface area contributed by atoms with Crippen molar-refractivity contribution in [2.75, 3.05) is 29.9 Å². The Morgan fingerprint density at radius 3 is 2.78 bits per heavy atom. The molecule has 0 radical (unpaired) electrons. The van der Waals surface area contributed by atoms with E-state index < -0.39 is 10.0 Å². The Labute approximate surface area is 164 Å². The lowest BCUT2D eigenvalue weighted by molar-refractivity contribution is -0.122. The molecule has 0 saturated carbocycles. The van der Waals surface area contributed by atoms with E-state index in [2.05, 4.69) is 4.72 Å². The molecule has 0 aliphatic carbocycles.